The average Bonchev–Trinajstić information content (AvgIpc) is 3.27. The van der Waals surface area contributed by atoms with Gasteiger partial charge in [-0.1, -0.05) is 18.2 Å². The molecule has 0 unspecified atom stereocenters. The van der Waals surface area contributed by atoms with Gasteiger partial charge in [0.05, 0.1) is 19.2 Å². The number of aromatic nitrogens is 2. The Hall–Kier alpha value is -3.06. The van der Waals surface area contributed by atoms with Crippen LogP contribution in [-0.4, -0.2) is 64.5 Å². The number of fused-ring (bicyclic) bond motifs is 2. The van der Waals surface area contributed by atoms with Crippen molar-refractivity contribution in [2.24, 2.45) is 0 Å². The molecule has 146 valence electrons. The smallest absolute Gasteiger partial charge is 0.270 e. The monoisotopic (exact) mass is 380 g/mol. The van der Waals surface area contributed by atoms with Crippen molar-refractivity contribution in [2.75, 3.05) is 27.2 Å². The molecule has 2 aromatic heterocycles. The molecule has 1 aliphatic rings. The fourth-order valence-electron chi connectivity index (χ4n) is 3.49. The summed E-state index contributed by atoms with van der Waals surface area (Å²) in [5.74, 6) is -0.163. The van der Waals surface area contributed by atoms with Crippen molar-refractivity contribution in [3.63, 3.8) is 0 Å². The number of nitrogens with zero attached hydrogens (tertiary/aromatic N) is 3. The van der Waals surface area contributed by atoms with Crippen LogP contribution < -0.4 is 0 Å². The van der Waals surface area contributed by atoms with Crippen LogP contribution in [0.25, 0.3) is 10.9 Å². The molecule has 0 saturated heterocycles. The van der Waals surface area contributed by atoms with E-state index in [1.807, 2.05) is 48.7 Å². The summed E-state index contributed by atoms with van der Waals surface area (Å²) in [6, 6.07) is 13.7. The zero-order valence-electron chi connectivity index (χ0n) is 16.1. The Kier molecular flexibility index (Phi) is 4.92. The largest absolute Gasteiger partial charge is 0.365 e. The summed E-state index contributed by atoms with van der Waals surface area (Å²) in [7, 11) is 3.41. The summed E-state index contributed by atoms with van der Waals surface area (Å²) in [5.41, 5.74) is 2.55. The van der Waals surface area contributed by atoms with E-state index in [1.165, 1.54) is 4.90 Å². The van der Waals surface area contributed by atoms with Crippen LogP contribution in [0.15, 0.2) is 48.7 Å². The number of para-hydroxylation sites is 1. The minimum Gasteiger partial charge on any atom is -0.365 e. The number of carbonyl (C=O) groups is 2. The average molecular weight is 380 g/mol. The highest BCUT2D eigenvalue weighted by molar-refractivity contribution is 5.98. The first-order chi connectivity index (χ1) is 13.5. The summed E-state index contributed by atoms with van der Waals surface area (Å²) in [4.78, 5) is 31.6. The van der Waals surface area contributed by atoms with Gasteiger partial charge in [0.15, 0.2) is 0 Å². The molecule has 7 nitrogen and oxygen atoms in total. The number of hydrogen-bond donors (Lipinski definition) is 1. The number of nitrogens with one attached hydrogen (secondary N) is 1. The molecule has 1 atom stereocenters. The maximum atomic E-state index is 13.2. The second-order valence-electron chi connectivity index (χ2n) is 7.33. The predicted molar refractivity (Wildman–Crippen MR) is 106 cm³/mol. The lowest BCUT2D eigenvalue weighted by molar-refractivity contribution is -0.136. The van der Waals surface area contributed by atoms with Gasteiger partial charge in [-0.15, -0.1) is 0 Å². The van der Waals surface area contributed by atoms with Gasteiger partial charge < -0.3 is 24.1 Å². The Balaban J connectivity index is 1.56. The molecule has 7 heteroatoms. The van der Waals surface area contributed by atoms with Gasteiger partial charge in [-0.05, 0) is 24.3 Å². The highest BCUT2D eigenvalue weighted by Gasteiger charge is 2.27. The lowest BCUT2D eigenvalue weighted by atomic mass is 10.2. The molecule has 0 bridgehead atoms. The molecule has 1 N–H and O–H groups in total. The molecule has 3 aromatic rings. The first-order valence-corrected chi connectivity index (χ1v) is 9.34. The Labute approximate surface area is 163 Å². The van der Waals surface area contributed by atoms with E-state index in [9.17, 15) is 9.59 Å². The standard InChI is InChI=1S/C21H24N4O3/c1-23(2)20(26)14-28-17-12-24-9-5-7-16(24)11-25(13-17)21(27)19-10-15-6-3-4-8-18(15)22-19/h3-10,17,22H,11-14H2,1-2H3/t17-/m1/s1. The van der Waals surface area contributed by atoms with E-state index in [0.29, 0.717) is 25.3 Å². The highest BCUT2D eigenvalue weighted by Crippen LogP contribution is 2.20. The van der Waals surface area contributed by atoms with Crippen molar-refractivity contribution in [2.45, 2.75) is 19.2 Å². The quantitative estimate of drug-likeness (QED) is 0.754. The number of rotatable bonds is 4. The topological polar surface area (TPSA) is 70.6 Å². The molecule has 0 spiro atoms. The van der Waals surface area contributed by atoms with Crippen molar-refractivity contribution in [3.8, 4) is 0 Å². The number of ether oxygens (including phenoxy) is 1. The molecule has 2 amide bonds. The number of hydrogen-bond acceptors (Lipinski definition) is 3. The van der Waals surface area contributed by atoms with Crippen molar-refractivity contribution in [1.29, 1.82) is 0 Å². The molecular weight excluding hydrogens is 356 g/mol. The molecule has 1 aromatic carbocycles. The zero-order valence-corrected chi connectivity index (χ0v) is 16.1. The zero-order chi connectivity index (χ0) is 19.7. The molecule has 0 fully saturated rings. The van der Waals surface area contributed by atoms with Gasteiger partial charge >= 0.3 is 0 Å². The van der Waals surface area contributed by atoms with Crippen molar-refractivity contribution < 1.29 is 14.3 Å². The van der Waals surface area contributed by atoms with Crippen LogP contribution in [0.4, 0.5) is 0 Å². The van der Waals surface area contributed by atoms with Gasteiger partial charge in [0.25, 0.3) is 5.91 Å². The van der Waals surface area contributed by atoms with E-state index < -0.39 is 0 Å². The fraction of sp³-hybridized carbons (Fsp3) is 0.333. The van der Waals surface area contributed by atoms with Crippen molar-refractivity contribution in [1.82, 2.24) is 19.4 Å². The minimum atomic E-state index is -0.258. The van der Waals surface area contributed by atoms with Crippen LogP contribution in [0.3, 0.4) is 0 Å². The van der Waals surface area contributed by atoms with Gasteiger partial charge in [-0.3, -0.25) is 9.59 Å². The molecule has 1 aliphatic heterocycles. The molecular formula is C21H24N4O3. The van der Waals surface area contributed by atoms with Crippen LogP contribution in [0.5, 0.6) is 0 Å². The molecule has 28 heavy (non-hydrogen) atoms. The normalized spacial score (nSPS) is 16.6. The number of aromatic amines is 1. The van der Waals surface area contributed by atoms with Crippen LogP contribution >= 0.6 is 0 Å². The number of likely N-dealkylation sites (N-methyl/N-ethyl adjacent to an activating group) is 1. The first kappa shape index (κ1) is 18.3. The maximum absolute atomic E-state index is 13.2. The Bertz CT molecular complexity index is 971. The minimum absolute atomic E-state index is 0.00267. The SMILES string of the molecule is CN(C)C(=O)CO[C@H]1CN(C(=O)c2cc3ccccc3[nH]2)Cc2cccn2C1. The highest BCUT2D eigenvalue weighted by atomic mass is 16.5. The van der Waals surface area contributed by atoms with Crippen molar-refractivity contribution in [3.05, 3.63) is 60.0 Å². The molecule has 0 radical (unpaired) electrons. The first-order valence-electron chi connectivity index (χ1n) is 9.34. The molecule has 4 rings (SSSR count). The van der Waals surface area contributed by atoms with E-state index in [0.717, 1.165) is 16.6 Å². The van der Waals surface area contributed by atoms with E-state index in [-0.39, 0.29) is 24.5 Å². The van der Waals surface area contributed by atoms with Gasteiger partial charge in [0, 0.05) is 43.4 Å². The number of amides is 2. The Morgan fingerprint density at radius 1 is 1.18 bits per heavy atom. The van der Waals surface area contributed by atoms with E-state index in [2.05, 4.69) is 9.55 Å². The maximum Gasteiger partial charge on any atom is 0.270 e. The number of H-pyrrole nitrogens is 1. The third-order valence-corrected chi connectivity index (χ3v) is 5.09. The summed E-state index contributed by atoms with van der Waals surface area (Å²) in [5, 5.41) is 1.01. The second kappa shape index (κ2) is 7.52. The lowest BCUT2D eigenvalue weighted by Gasteiger charge is -2.24. The van der Waals surface area contributed by atoms with Crippen LogP contribution in [0.2, 0.25) is 0 Å². The summed E-state index contributed by atoms with van der Waals surface area (Å²) < 4.78 is 7.96. The Morgan fingerprint density at radius 2 is 2.00 bits per heavy atom. The van der Waals surface area contributed by atoms with Gasteiger partial charge in [0.1, 0.15) is 12.3 Å². The van der Waals surface area contributed by atoms with Gasteiger partial charge in [-0.25, -0.2) is 0 Å². The number of benzene rings is 1. The predicted octanol–water partition coefficient (Wildman–Crippen LogP) is 2.10. The summed E-state index contributed by atoms with van der Waals surface area (Å²) in [6.07, 6.45) is 1.72. The van der Waals surface area contributed by atoms with E-state index >= 15 is 0 Å². The third-order valence-electron chi connectivity index (χ3n) is 5.09. The molecule has 3 heterocycles. The lowest BCUT2D eigenvalue weighted by Crippen LogP contribution is -2.39. The summed E-state index contributed by atoms with van der Waals surface area (Å²) >= 11 is 0. The van der Waals surface area contributed by atoms with Gasteiger partial charge in [-0.2, -0.15) is 0 Å². The van der Waals surface area contributed by atoms with Crippen molar-refractivity contribution >= 4 is 22.7 Å². The van der Waals surface area contributed by atoms with Crippen LogP contribution in [0.1, 0.15) is 16.2 Å². The molecule has 0 aliphatic carbocycles. The van der Waals surface area contributed by atoms with E-state index in [1.54, 1.807) is 19.0 Å². The van der Waals surface area contributed by atoms with E-state index in [4.69, 9.17) is 4.74 Å². The fourth-order valence-corrected chi connectivity index (χ4v) is 3.49. The third kappa shape index (κ3) is 3.66. The Morgan fingerprint density at radius 3 is 2.79 bits per heavy atom. The van der Waals surface area contributed by atoms with Gasteiger partial charge in [0.2, 0.25) is 5.91 Å². The summed E-state index contributed by atoms with van der Waals surface area (Å²) in [6.45, 7) is 1.54. The molecule has 0 saturated carbocycles. The second-order valence-corrected chi connectivity index (χ2v) is 7.33. The van der Waals surface area contributed by atoms with Crippen LogP contribution in [-0.2, 0) is 22.6 Å². The number of carbonyl (C=O) groups excluding carboxylic acids is 2. The van der Waals surface area contributed by atoms with Crippen LogP contribution in [0, 0.1) is 0 Å².